The first kappa shape index (κ1) is 14.2. The Morgan fingerprint density at radius 3 is 2.33 bits per heavy atom. The maximum atomic E-state index is 11.6. The van der Waals surface area contributed by atoms with Gasteiger partial charge in [0.2, 0.25) is 5.91 Å². The number of hydrogen-bond donors (Lipinski definition) is 1. The SMILES string of the molecule is CCN(CC)C(=O)CCNCC=C(C)C. The van der Waals surface area contributed by atoms with Crippen molar-refractivity contribution in [1.29, 1.82) is 0 Å². The third-order valence-electron chi connectivity index (χ3n) is 2.29. The second kappa shape index (κ2) is 8.48. The van der Waals surface area contributed by atoms with E-state index in [1.54, 1.807) is 0 Å². The molecule has 0 radical (unpaired) electrons. The summed E-state index contributed by atoms with van der Waals surface area (Å²) in [4.78, 5) is 13.4. The number of nitrogens with one attached hydrogen (secondary N) is 1. The summed E-state index contributed by atoms with van der Waals surface area (Å²) in [5, 5.41) is 3.23. The van der Waals surface area contributed by atoms with Gasteiger partial charge in [0.1, 0.15) is 0 Å². The van der Waals surface area contributed by atoms with Gasteiger partial charge < -0.3 is 10.2 Å². The summed E-state index contributed by atoms with van der Waals surface area (Å²) >= 11 is 0. The molecule has 0 aliphatic carbocycles. The quantitative estimate of drug-likeness (QED) is 0.515. The zero-order valence-corrected chi connectivity index (χ0v) is 10.5. The van der Waals surface area contributed by atoms with Gasteiger partial charge in [-0.3, -0.25) is 4.79 Å². The van der Waals surface area contributed by atoms with Crippen LogP contribution in [0, 0.1) is 0 Å². The zero-order valence-electron chi connectivity index (χ0n) is 10.5. The van der Waals surface area contributed by atoms with Crippen molar-refractivity contribution in [2.75, 3.05) is 26.2 Å². The van der Waals surface area contributed by atoms with Crippen LogP contribution >= 0.6 is 0 Å². The van der Waals surface area contributed by atoms with E-state index in [-0.39, 0.29) is 5.91 Å². The van der Waals surface area contributed by atoms with E-state index in [1.807, 2.05) is 18.7 Å². The summed E-state index contributed by atoms with van der Waals surface area (Å²) in [6.07, 6.45) is 2.72. The third-order valence-corrected chi connectivity index (χ3v) is 2.29. The van der Waals surface area contributed by atoms with Crippen LogP contribution in [0.5, 0.6) is 0 Å². The largest absolute Gasteiger partial charge is 0.343 e. The van der Waals surface area contributed by atoms with Crippen LogP contribution in [0.2, 0.25) is 0 Å². The van der Waals surface area contributed by atoms with Crippen LogP contribution in [0.4, 0.5) is 0 Å². The normalized spacial score (nSPS) is 9.87. The average molecular weight is 212 g/mol. The van der Waals surface area contributed by atoms with Gasteiger partial charge in [-0.25, -0.2) is 0 Å². The Balaban J connectivity index is 3.59. The molecule has 0 bridgehead atoms. The second-order valence-corrected chi connectivity index (χ2v) is 3.80. The average Bonchev–Trinajstić information content (AvgIpc) is 2.18. The van der Waals surface area contributed by atoms with E-state index in [0.717, 1.165) is 26.2 Å². The molecule has 0 atom stereocenters. The molecule has 1 N–H and O–H groups in total. The molecular weight excluding hydrogens is 188 g/mol. The smallest absolute Gasteiger partial charge is 0.223 e. The predicted molar refractivity (Wildman–Crippen MR) is 64.8 cm³/mol. The molecule has 0 aromatic heterocycles. The van der Waals surface area contributed by atoms with Gasteiger partial charge in [-0.1, -0.05) is 11.6 Å². The van der Waals surface area contributed by atoms with Crippen molar-refractivity contribution in [3.8, 4) is 0 Å². The zero-order chi connectivity index (χ0) is 11.7. The van der Waals surface area contributed by atoms with Crippen LogP contribution in [0.25, 0.3) is 0 Å². The molecule has 3 heteroatoms. The lowest BCUT2D eigenvalue weighted by atomic mass is 10.3. The van der Waals surface area contributed by atoms with Crippen LogP contribution in [0.1, 0.15) is 34.1 Å². The van der Waals surface area contributed by atoms with Gasteiger partial charge in [-0.15, -0.1) is 0 Å². The minimum Gasteiger partial charge on any atom is -0.343 e. The minimum atomic E-state index is 0.240. The molecule has 0 aromatic carbocycles. The van der Waals surface area contributed by atoms with Crippen LogP contribution in [-0.4, -0.2) is 37.0 Å². The molecule has 15 heavy (non-hydrogen) atoms. The number of carbonyl (C=O) groups excluding carboxylic acids is 1. The van der Waals surface area contributed by atoms with Gasteiger partial charge in [-0.2, -0.15) is 0 Å². The first-order valence-corrected chi connectivity index (χ1v) is 5.73. The molecule has 0 aromatic rings. The number of amides is 1. The summed E-state index contributed by atoms with van der Waals surface area (Å²) in [6, 6.07) is 0. The van der Waals surface area contributed by atoms with Gasteiger partial charge in [-0.05, 0) is 27.7 Å². The van der Waals surface area contributed by atoms with Gasteiger partial charge in [0, 0.05) is 32.6 Å². The topological polar surface area (TPSA) is 32.3 Å². The molecule has 0 aliphatic rings. The van der Waals surface area contributed by atoms with Crippen LogP contribution in [0.15, 0.2) is 11.6 Å². The van der Waals surface area contributed by atoms with Gasteiger partial charge in [0.15, 0.2) is 0 Å². The molecule has 1 amide bonds. The third kappa shape index (κ3) is 7.14. The molecule has 0 unspecified atom stereocenters. The highest BCUT2D eigenvalue weighted by Crippen LogP contribution is 1.92. The first-order valence-electron chi connectivity index (χ1n) is 5.73. The van der Waals surface area contributed by atoms with Crippen LogP contribution in [-0.2, 0) is 4.79 Å². The van der Waals surface area contributed by atoms with Gasteiger partial charge in [0.25, 0.3) is 0 Å². The number of rotatable bonds is 7. The Kier molecular flexibility index (Phi) is 8.01. The van der Waals surface area contributed by atoms with Crippen molar-refractivity contribution in [3.63, 3.8) is 0 Å². The summed E-state index contributed by atoms with van der Waals surface area (Å²) in [6.45, 7) is 11.4. The van der Waals surface area contributed by atoms with Crippen molar-refractivity contribution in [3.05, 3.63) is 11.6 Å². The second-order valence-electron chi connectivity index (χ2n) is 3.80. The fraction of sp³-hybridized carbons (Fsp3) is 0.750. The van der Waals surface area contributed by atoms with Crippen molar-refractivity contribution >= 4 is 5.91 Å². The fourth-order valence-corrected chi connectivity index (χ4v) is 1.31. The van der Waals surface area contributed by atoms with E-state index < -0.39 is 0 Å². The standard InChI is InChI=1S/C12H24N2O/c1-5-14(6-2)12(15)8-10-13-9-7-11(3)4/h7,13H,5-6,8-10H2,1-4H3. The minimum absolute atomic E-state index is 0.240. The van der Waals surface area contributed by atoms with Crippen LogP contribution in [0.3, 0.4) is 0 Å². The Morgan fingerprint density at radius 1 is 1.27 bits per heavy atom. The highest BCUT2D eigenvalue weighted by Gasteiger charge is 2.07. The molecule has 0 fully saturated rings. The first-order chi connectivity index (χ1) is 7.11. The molecule has 88 valence electrons. The Hall–Kier alpha value is -0.830. The van der Waals surface area contributed by atoms with E-state index in [4.69, 9.17) is 0 Å². The van der Waals surface area contributed by atoms with E-state index in [9.17, 15) is 4.79 Å². The van der Waals surface area contributed by atoms with Gasteiger partial charge in [0.05, 0.1) is 0 Å². The molecule has 0 spiro atoms. The molecule has 0 heterocycles. The maximum Gasteiger partial charge on any atom is 0.223 e. The van der Waals surface area contributed by atoms with Gasteiger partial charge >= 0.3 is 0 Å². The fourth-order valence-electron chi connectivity index (χ4n) is 1.31. The lowest BCUT2D eigenvalue weighted by Crippen LogP contribution is -2.32. The molecule has 0 saturated heterocycles. The summed E-state index contributed by atoms with van der Waals surface area (Å²) in [7, 11) is 0. The number of carbonyl (C=O) groups is 1. The summed E-state index contributed by atoms with van der Waals surface area (Å²) < 4.78 is 0. The number of allylic oxidation sites excluding steroid dienone is 1. The van der Waals surface area contributed by atoms with E-state index in [1.165, 1.54) is 5.57 Å². The molecular formula is C12H24N2O. The molecule has 0 aliphatic heterocycles. The van der Waals surface area contributed by atoms with Crippen molar-refractivity contribution in [2.24, 2.45) is 0 Å². The van der Waals surface area contributed by atoms with Crippen LogP contribution < -0.4 is 5.32 Å². The Morgan fingerprint density at radius 2 is 1.87 bits per heavy atom. The summed E-state index contributed by atoms with van der Waals surface area (Å²) in [5.74, 6) is 0.240. The Labute approximate surface area is 93.5 Å². The maximum absolute atomic E-state index is 11.6. The monoisotopic (exact) mass is 212 g/mol. The molecule has 3 nitrogen and oxygen atoms in total. The van der Waals surface area contributed by atoms with E-state index in [0.29, 0.717) is 6.42 Å². The highest BCUT2D eigenvalue weighted by molar-refractivity contribution is 5.76. The van der Waals surface area contributed by atoms with Crippen molar-refractivity contribution in [1.82, 2.24) is 10.2 Å². The predicted octanol–water partition coefficient (Wildman–Crippen LogP) is 1.80. The lowest BCUT2D eigenvalue weighted by Gasteiger charge is -2.18. The Bertz CT molecular complexity index is 204. The lowest BCUT2D eigenvalue weighted by molar-refractivity contribution is -0.130. The summed E-state index contributed by atoms with van der Waals surface area (Å²) in [5.41, 5.74) is 1.30. The molecule has 0 saturated carbocycles. The molecule has 0 rings (SSSR count). The van der Waals surface area contributed by atoms with Crippen molar-refractivity contribution < 1.29 is 4.79 Å². The number of hydrogen-bond acceptors (Lipinski definition) is 2. The highest BCUT2D eigenvalue weighted by atomic mass is 16.2. The van der Waals surface area contributed by atoms with E-state index >= 15 is 0 Å². The number of nitrogens with zero attached hydrogens (tertiary/aromatic N) is 1. The van der Waals surface area contributed by atoms with Crippen molar-refractivity contribution in [2.45, 2.75) is 34.1 Å². The van der Waals surface area contributed by atoms with E-state index in [2.05, 4.69) is 25.2 Å².